The summed E-state index contributed by atoms with van der Waals surface area (Å²) in [5, 5.41) is 9.65. The smallest absolute Gasteiger partial charge is 0.407 e. The predicted molar refractivity (Wildman–Crippen MR) is 255 cm³/mol. The quantitative estimate of drug-likeness (QED) is 0.0932. The van der Waals surface area contributed by atoms with Crippen molar-refractivity contribution in [2.24, 2.45) is 23.7 Å². The molecule has 5 aromatic carbocycles. The first kappa shape index (κ1) is 43.9. The Balaban J connectivity index is 0.928. The van der Waals surface area contributed by atoms with Gasteiger partial charge in [0, 0.05) is 36.4 Å². The second-order valence-electron chi connectivity index (χ2n) is 18.6. The van der Waals surface area contributed by atoms with Gasteiger partial charge in [0.15, 0.2) is 0 Å². The van der Waals surface area contributed by atoms with E-state index >= 15 is 0 Å². The minimum absolute atomic E-state index is 0.0718. The normalized spacial score (nSPS) is 22.5. The number of H-pyrrole nitrogens is 2. The van der Waals surface area contributed by atoms with Gasteiger partial charge in [0.05, 0.1) is 55.0 Å². The van der Waals surface area contributed by atoms with Gasteiger partial charge in [0.25, 0.3) is 5.91 Å². The van der Waals surface area contributed by atoms with Crippen molar-refractivity contribution in [3.8, 4) is 11.1 Å². The number of carbonyl (C=O) groups is 4. The number of ether oxygens (including phenoxy) is 3. The van der Waals surface area contributed by atoms with Crippen LogP contribution in [0.25, 0.3) is 54.7 Å². The molecule has 1 aliphatic carbocycles. The van der Waals surface area contributed by atoms with Crippen LogP contribution < -0.4 is 10.6 Å². The summed E-state index contributed by atoms with van der Waals surface area (Å²) in [6.07, 6.45) is 0.890. The number of benzene rings is 5. The molecule has 2 aromatic heterocycles. The third-order valence-electron chi connectivity index (χ3n) is 14.7. The Kier molecular flexibility index (Phi) is 11.6. The highest BCUT2D eigenvalue weighted by atomic mass is 16.5. The molecule has 4 N–H and O–H groups in total. The number of piperidine rings is 1. The summed E-state index contributed by atoms with van der Waals surface area (Å²) in [6.45, 7) is 7.12. The number of alkyl carbamates (subject to hydrolysis) is 2. The van der Waals surface area contributed by atoms with E-state index in [4.69, 9.17) is 24.2 Å². The van der Waals surface area contributed by atoms with Crippen LogP contribution in [0.15, 0.2) is 91.0 Å². The highest BCUT2D eigenvalue weighted by Gasteiger charge is 2.61. The number of hydrogen-bond acceptors (Lipinski definition) is 9. The molecule has 15 heteroatoms. The lowest BCUT2D eigenvalue weighted by molar-refractivity contribution is -0.137. The van der Waals surface area contributed by atoms with E-state index in [1.54, 1.807) is 12.0 Å². The van der Waals surface area contributed by atoms with Gasteiger partial charge in [-0.1, -0.05) is 93.9 Å². The molecule has 10 rings (SSSR count). The molecule has 2 aliphatic heterocycles. The number of likely N-dealkylation sites (tertiary alicyclic amines) is 2. The molecule has 3 aliphatic rings. The molecule has 4 heterocycles. The number of carbonyl (C=O) groups excluding carboxylic acids is 4. The molecule has 0 unspecified atom stereocenters. The lowest BCUT2D eigenvalue weighted by Gasteiger charge is -2.33. The van der Waals surface area contributed by atoms with Crippen molar-refractivity contribution in [3.05, 3.63) is 108 Å². The van der Waals surface area contributed by atoms with Gasteiger partial charge in [0.2, 0.25) is 5.91 Å². The van der Waals surface area contributed by atoms with Crippen LogP contribution in [0, 0.1) is 23.7 Å². The van der Waals surface area contributed by atoms with Crippen molar-refractivity contribution in [3.63, 3.8) is 0 Å². The molecule has 346 valence electrons. The standard InChI is InChI=1S/C52H56N8O7/c1-7-27(2)42(57-51(63)66-5)50(62)60-41(24-37-28(3)46(37)60)48-54-39-20-16-34-23-32(14-18-36(34)45(39)56-48)31-13-17-35-33(22-31)15-19-38-44(35)55-47(53-38)40-21-29(26-65-4)25-59(40)49(61)43(58-52(64)67-6)30-11-9-8-10-12-30/h8-20,22-23,27-29,37,40-43,46H,7,21,24-26H2,1-6H3,(H,53,55)(H,54,56)(H,57,63)(H,58,64)/t27-,28+,29-,37-,40-,41-,42-,43+,46+/m0/s1. The minimum Gasteiger partial charge on any atom is -0.453 e. The number of methoxy groups -OCH3 is 3. The summed E-state index contributed by atoms with van der Waals surface area (Å²) < 4.78 is 15.4. The van der Waals surface area contributed by atoms with Gasteiger partial charge in [-0.05, 0) is 82.3 Å². The largest absolute Gasteiger partial charge is 0.453 e. The Hall–Kier alpha value is -7.00. The molecular weight excluding hydrogens is 849 g/mol. The molecule has 1 saturated carbocycles. The van der Waals surface area contributed by atoms with Crippen LogP contribution in [0.3, 0.4) is 0 Å². The first-order valence-electron chi connectivity index (χ1n) is 23.2. The second-order valence-corrected chi connectivity index (χ2v) is 18.6. The first-order valence-corrected chi connectivity index (χ1v) is 23.2. The van der Waals surface area contributed by atoms with Crippen molar-refractivity contribution >= 4 is 67.6 Å². The van der Waals surface area contributed by atoms with E-state index in [1.165, 1.54) is 14.2 Å². The number of aromatic nitrogens is 4. The molecule has 4 amide bonds. The number of fused-ring (bicyclic) bond motifs is 7. The predicted octanol–water partition coefficient (Wildman–Crippen LogP) is 8.72. The average molecular weight is 905 g/mol. The zero-order valence-electron chi connectivity index (χ0n) is 38.5. The molecule has 7 aromatic rings. The van der Waals surface area contributed by atoms with Gasteiger partial charge in [-0.15, -0.1) is 0 Å². The molecule has 2 saturated heterocycles. The van der Waals surface area contributed by atoms with Crippen LogP contribution in [0.1, 0.15) is 75.4 Å². The third-order valence-corrected chi connectivity index (χ3v) is 14.7. The maximum atomic E-state index is 14.4. The van der Waals surface area contributed by atoms with Gasteiger partial charge in [0.1, 0.15) is 23.7 Å². The van der Waals surface area contributed by atoms with E-state index in [2.05, 4.69) is 82.1 Å². The molecule has 67 heavy (non-hydrogen) atoms. The summed E-state index contributed by atoms with van der Waals surface area (Å²) >= 11 is 0. The fourth-order valence-corrected chi connectivity index (χ4v) is 10.9. The van der Waals surface area contributed by atoms with E-state index < -0.39 is 24.3 Å². The van der Waals surface area contributed by atoms with Gasteiger partial charge >= 0.3 is 12.2 Å². The molecule has 0 bridgehead atoms. The fraction of sp³-hybridized carbons (Fsp3) is 0.385. The van der Waals surface area contributed by atoms with Crippen molar-refractivity contribution in [1.82, 2.24) is 40.4 Å². The summed E-state index contributed by atoms with van der Waals surface area (Å²) in [4.78, 5) is 74.8. The van der Waals surface area contributed by atoms with Crippen molar-refractivity contribution in [2.75, 3.05) is 34.5 Å². The van der Waals surface area contributed by atoms with Crippen LogP contribution in [-0.2, 0) is 23.8 Å². The molecule has 3 fully saturated rings. The topological polar surface area (TPSA) is 184 Å². The van der Waals surface area contributed by atoms with Crippen molar-refractivity contribution < 1.29 is 33.4 Å². The Morgan fingerprint density at radius 2 is 1.34 bits per heavy atom. The summed E-state index contributed by atoms with van der Waals surface area (Å²) in [6, 6.07) is 28.2. The molecular formula is C52H56N8O7. The third kappa shape index (κ3) is 7.88. The number of nitrogens with one attached hydrogen (secondary N) is 4. The summed E-state index contributed by atoms with van der Waals surface area (Å²) in [5.41, 5.74) is 6.20. The minimum atomic E-state index is -0.944. The average Bonchev–Trinajstić information content (AvgIpc) is 3.96. The number of hydrogen-bond donors (Lipinski definition) is 4. The van der Waals surface area contributed by atoms with Crippen LogP contribution in [0.4, 0.5) is 9.59 Å². The van der Waals surface area contributed by atoms with E-state index in [1.807, 2.05) is 55.1 Å². The monoisotopic (exact) mass is 904 g/mol. The fourth-order valence-electron chi connectivity index (χ4n) is 10.9. The van der Waals surface area contributed by atoms with E-state index in [-0.39, 0.29) is 41.8 Å². The zero-order chi connectivity index (χ0) is 46.7. The number of rotatable bonds is 12. The maximum Gasteiger partial charge on any atom is 0.407 e. The highest BCUT2D eigenvalue weighted by Crippen LogP contribution is 2.58. The Morgan fingerprint density at radius 3 is 1.93 bits per heavy atom. The lowest BCUT2D eigenvalue weighted by Crippen LogP contribution is -2.52. The van der Waals surface area contributed by atoms with E-state index in [0.29, 0.717) is 42.8 Å². The number of amides is 4. The van der Waals surface area contributed by atoms with Gasteiger partial charge in [-0.3, -0.25) is 9.59 Å². The Bertz CT molecular complexity index is 3040. The first-order chi connectivity index (χ1) is 32.5. The number of nitrogens with zero attached hydrogens (tertiary/aromatic N) is 4. The molecule has 9 atom stereocenters. The van der Waals surface area contributed by atoms with Gasteiger partial charge in [-0.25, -0.2) is 19.6 Å². The SMILES string of the molecule is CC[C@H](C)[C@H](NC(=O)OC)C(=O)N1[C@@H]2[C@H](C)[C@@H]2C[C@H]1c1nc2c(ccc3cc(-c4ccc5c(ccc6[nH]c([C@@H]7C[C@H](COC)CN7C(=O)[C@H](NC(=O)OC)c7ccccc7)nc65)c4)ccc32)[nH]1. The molecule has 0 spiro atoms. The maximum absolute atomic E-state index is 14.4. The second kappa shape index (κ2) is 17.7. The Labute approximate surface area is 387 Å². The van der Waals surface area contributed by atoms with Crippen molar-refractivity contribution in [1.29, 1.82) is 0 Å². The van der Waals surface area contributed by atoms with Gasteiger partial charge in [-0.2, -0.15) is 0 Å². The summed E-state index contributed by atoms with van der Waals surface area (Å²) in [7, 11) is 4.26. The van der Waals surface area contributed by atoms with Crippen LogP contribution >= 0.6 is 0 Å². The van der Waals surface area contributed by atoms with Crippen LogP contribution in [0.2, 0.25) is 0 Å². The van der Waals surface area contributed by atoms with E-state index in [9.17, 15) is 19.2 Å². The number of aromatic amines is 2. The summed E-state index contributed by atoms with van der Waals surface area (Å²) in [5.74, 6) is 1.88. The van der Waals surface area contributed by atoms with Crippen LogP contribution in [0.5, 0.6) is 0 Å². The molecule has 0 radical (unpaired) electrons. The van der Waals surface area contributed by atoms with Gasteiger partial charge < -0.3 is 44.6 Å². The number of imidazole rings is 2. The Morgan fingerprint density at radius 1 is 0.746 bits per heavy atom. The van der Waals surface area contributed by atoms with E-state index in [0.717, 1.165) is 73.4 Å². The van der Waals surface area contributed by atoms with Crippen LogP contribution in [-0.4, -0.2) is 100 Å². The van der Waals surface area contributed by atoms with Crippen molar-refractivity contribution in [2.45, 2.75) is 70.2 Å². The highest BCUT2D eigenvalue weighted by molar-refractivity contribution is 6.07. The molecule has 15 nitrogen and oxygen atoms in total. The zero-order valence-corrected chi connectivity index (χ0v) is 38.5. The lowest BCUT2D eigenvalue weighted by atomic mass is 9.97.